The SMILES string of the molecule is CCC(C)(C)NC(C)CC(=O)O. The van der Waals surface area contributed by atoms with Crippen molar-refractivity contribution in [2.24, 2.45) is 0 Å². The van der Waals surface area contributed by atoms with Crippen LogP contribution in [0.3, 0.4) is 0 Å². The summed E-state index contributed by atoms with van der Waals surface area (Å²) in [5.74, 6) is -0.748. The van der Waals surface area contributed by atoms with Gasteiger partial charge in [-0.15, -0.1) is 0 Å². The maximum atomic E-state index is 10.3. The molecule has 0 amide bonds. The van der Waals surface area contributed by atoms with Crippen molar-refractivity contribution >= 4 is 5.97 Å². The molecular formula is C9H19NO2. The van der Waals surface area contributed by atoms with Crippen LogP contribution in [-0.4, -0.2) is 22.7 Å². The minimum atomic E-state index is -0.748. The highest BCUT2D eigenvalue weighted by atomic mass is 16.4. The summed E-state index contributed by atoms with van der Waals surface area (Å²) in [4.78, 5) is 10.3. The summed E-state index contributed by atoms with van der Waals surface area (Å²) >= 11 is 0. The van der Waals surface area contributed by atoms with Gasteiger partial charge in [0, 0.05) is 11.6 Å². The van der Waals surface area contributed by atoms with Gasteiger partial charge >= 0.3 is 5.97 Å². The van der Waals surface area contributed by atoms with E-state index in [1.165, 1.54) is 0 Å². The summed E-state index contributed by atoms with van der Waals surface area (Å²) in [5, 5.41) is 11.8. The number of nitrogens with one attached hydrogen (secondary N) is 1. The maximum absolute atomic E-state index is 10.3. The number of hydrogen-bond donors (Lipinski definition) is 2. The highest BCUT2D eigenvalue weighted by molar-refractivity contribution is 5.67. The van der Waals surface area contributed by atoms with Crippen molar-refractivity contribution in [1.29, 1.82) is 0 Å². The fourth-order valence-electron chi connectivity index (χ4n) is 1.08. The molecule has 1 unspecified atom stereocenters. The van der Waals surface area contributed by atoms with Gasteiger partial charge in [-0.1, -0.05) is 6.92 Å². The molecule has 2 N–H and O–H groups in total. The van der Waals surface area contributed by atoms with Crippen molar-refractivity contribution < 1.29 is 9.90 Å². The first-order valence-corrected chi connectivity index (χ1v) is 4.37. The second-order valence-corrected chi connectivity index (χ2v) is 3.88. The monoisotopic (exact) mass is 173 g/mol. The van der Waals surface area contributed by atoms with Crippen molar-refractivity contribution in [2.75, 3.05) is 0 Å². The van der Waals surface area contributed by atoms with E-state index in [0.717, 1.165) is 6.42 Å². The summed E-state index contributed by atoms with van der Waals surface area (Å²) in [6, 6.07) is 0.0393. The lowest BCUT2D eigenvalue weighted by molar-refractivity contribution is -0.137. The highest BCUT2D eigenvalue weighted by Gasteiger charge is 2.18. The molecule has 0 aromatic rings. The van der Waals surface area contributed by atoms with E-state index >= 15 is 0 Å². The predicted octanol–water partition coefficient (Wildman–Crippen LogP) is 1.63. The first-order valence-electron chi connectivity index (χ1n) is 4.37. The van der Waals surface area contributed by atoms with E-state index in [0.29, 0.717) is 0 Å². The van der Waals surface area contributed by atoms with Crippen LogP contribution < -0.4 is 5.32 Å². The second kappa shape index (κ2) is 4.45. The van der Waals surface area contributed by atoms with Gasteiger partial charge in [-0.2, -0.15) is 0 Å². The molecule has 3 nitrogen and oxygen atoms in total. The summed E-state index contributed by atoms with van der Waals surface area (Å²) in [6.45, 7) is 8.13. The normalized spacial score (nSPS) is 14.3. The second-order valence-electron chi connectivity index (χ2n) is 3.88. The van der Waals surface area contributed by atoms with Crippen molar-refractivity contribution in [3.8, 4) is 0 Å². The molecular weight excluding hydrogens is 154 g/mol. The topological polar surface area (TPSA) is 49.3 Å². The lowest BCUT2D eigenvalue weighted by Gasteiger charge is -2.28. The summed E-state index contributed by atoms with van der Waals surface area (Å²) < 4.78 is 0. The highest BCUT2D eigenvalue weighted by Crippen LogP contribution is 2.09. The third-order valence-corrected chi connectivity index (χ3v) is 2.00. The number of rotatable bonds is 5. The number of carbonyl (C=O) groups is 1. The Balaban J connectivity index is 3.83. The largest absolute Gasteiger partial charge is 0.481 e. The van der Waals surface area contributed by atoms with Gasteiger partial charge in [0.25, 0.3) is 0 Å². The summed E-state index contributed by atoms with van der Waals surface area (Å²) in [7, 11) is 0. The molecule has 0 aromatic heterocycles. The van der Waals surface area contributed by atoms with Gasteiger partial charge in [0.15, 0.2) is 0 Å². The Bertz CT molecular complexity index is 155. The van der Waals surface area contributed by atoms with Gasteiger partial charge in [0.2, 0.25) is 0 Å². The fraction of sp³-hybridized carbons (Fsp3) is 0.889. The lowest BCUT2D eigenvalue weighted by atomic mass is 10.0. The average Bonchev–Trinajstić information content (AvgIpc) is 1.84. The van der Waals surface area contributed by atoms with E-state index < -0.39 is 5.97 Å². The minimum Gasteiger partial charge on any atom is -0.481 e. The summed E-state index contributed by atoms with van der Waals surface area (Å²) in [5.41, 5.74) is 0.0366. The van der Waals surface area contributed by atoms with E-state index in [1.54, 1.807) is 0 Å². The fourth-order valence-corrected chi connectivity index (χ4v) is 1.08. The molecule has 0 bridgehead atoms. The minimum absolute atomic E-state index is 0.0366. The molecule has 0 radical (unpaired) electrons. The van der Waals surface area contributed by atoms with E-state index in [2.05, 4.69) is 26.1 Å². The molecule has 0 aliphatic heterocycles. The average molecular weight is 173 g/mol. The molecule has 3 heteroatoms. The molecule has 0 fully saturated rings. The molecule has 72 valence electrons. The molecule has 0 saturated carbocycles. The van der Waals surface area contributed by atoms with Crippen molar-refractivity contribution in [1.82, 2.24) is 5.32 Å². The zero-order valence-electron chi connectivity index (χ0n) is 8.35. The molecule has 0 heterocycles. The Hall–Kier alpha value is -0.570. The molecule has 0 saturated heterocycles. The van der Waals surface area contributed by atoms with Crippen molar-refractivity contribution in [3.05, 3.63) is 0 Å². The van der Waals surface area contributed by atoms with Gasteiger partial charge in [-0.25, -0.2) is 0 Å². The smallest absolute Gasteiger partial charge is 0.304 e. The third kappa shape index (κ3) is 5.13. The van der Waals surface area contributed by atoms with Crippen molar-refractivity contribution in [2.45, 2.75) is 52.1 Å². The number of aliphatic carboxylic acids is 1. The first-order chi connectivity index (χ1) is 5.37. The van der Waals surface area contributed by atoms with Crippen LogP contribution in [0.4, 0.5) is 0 Å². The molecule has 12 heavy (non-hydrogen) atoms. The van der Waals surface area contributed by atoms with E-state index in [4.69, 9.17) is 5.11 Å². The quantitative estimate of drug-likeness (QED) is 0.664. The van der Waals surface area contributed by atoms with Crippen molar-refractivity contribution in [3.63, 3.8) is 0 Å². The zero-order valence-corrected chi connectivity index (χ0v) is 8.35. The maximum Gasteiger partial charge on any atom is 0.304 e. The van der Waals surface area contributed by atoms with E-state index in [9.17, 15) is 4.79 Å². The van der Waals surface area contributed by atoms with Gasteiger partial charge in [0.1, 0.15) is 0 Å². The van der Waals surface area contributed by atoms with Crippen LogP contribution in [0.5, 0.6) is 0 Å². The number of carboxylic acid groups (broad SMARTS) is 1. The van der Waals surface area contributed by atoms with Crippen LogP contribution in [0.2, 0.25) is 0 Å². The van der Waals surface area contributed by atoms with Gasteiger partial charge in [-0.3, -0.25) is 4.79 Å². The zero-order chi connectivity index (χ0) is 9.78. The third-order valence-electron chi connectivity index (χ3n) is 2.00. The van der Waals surface area contributed by atoms with Crippen LogP contribution >= 0.6 is 0 Å². The van der Waals surface area contributed by atoms with Crippen LogP contribution in [0.25, 0.3) is 0 Å². The van der Waals surface area contributed by atoms with Gasteiger partial charge in [0.05, 0.1) is 6.42 Å². The Labute approximate surface area is 74.2 Å². The van der Waals surface area contributed by atoms with E-state index in [-0.39, 0.29) is 18.0 Å². The van der Waals surface area contributed by atoms with Crippen LogP contribution in [0.15, 0.2) is 0 Å². The van der Waals surface area contributed by atoms with Crippen LogP contribution in [0.1, 0.15) is 40.5 Å². The van der Waals surface area contributed by atoms with Gasteiger partial charge < -0.3 is 10.4 Å². The van der Waals surface area contributed by atoms with Crippen LogP contribution in [0, 0.1) is 0 Å². The number of hydrogen-bond acceptors (Lipinski definition) is 2. The van der Waals surface area contributed by atoms with Crippen LogP contribution in [-0.2, 0) is 4.79 Å². The molecule has 0 rings (SSSR count). The molecule has 0 spiro atoms. The number of carboxylic acids is 1. The molecule has 0 aromatic carbocycles. The Morgan fingerprint density at radius 2 is 2.08 bits per heavy atom. The Morgan fingerprint density at radius 3 is 2.42 bits per heavy atom. The predicted molar refractivity (Wildman–Crippen MR) is 49.2 cm³/mol. The Morgan fingerprint density at radius 1 is 1.58 bits per heavy atom. The summed E-state index contributed by atoms with van der Waals surface area (Å²) in [6.07, 6.45) is 1.18. The molecule has 0 aliphatic carbocycles. The first kappa shape index (κ1) is 11.4. The lowest BCUT2D eigenvalue weighted by Crippen LogP contribution is -2.44. The molecule has 0 aliphatic rings. The Kier molecular flexibility index (Phi) is 4.24. The van der Waals surface area contributed by atoms with E-state index in [1.807, 2.05) is 6.92 Å². The standard InChI is InChI=1S/C9H19NO2/c1-5-9(3,4)10-7(2)6-8(11)12/h7,10H,5-6H2,1-4H3,(H,11,12). The molecule has 1 atom stereocenters. The van der Waals surface area contributed by atoms with Gasteiger partial charge in [-0.05, 0) is 27.2 Å².